The van der Waals surface area contributed by atoms with E-state index in [1.807, 2.05) is 18.2 Å². The van der Waals surface area contributed by atoms with Gasteiger partial charge >= 0.3 is 0 Å². The summed E-state index contributed by atoms with van der Waals surface area (Å²) in [7, 11) is 0. The fourth-order valence-corrected chi connectivity index (χ4v) is 3.45. The summed E-state index contributed by atoms with van der Waals surface area (Å²) in [5, 5.41) is 5.08. The standard InChI is InChI=1S/C15H19Cl2N/c1-2-10-18-11-15(8-3-4-9-15)14-12(16)6-5-7-13(14)17/h3-7,18H,2,8-11H2,1H3. The zero-order valence-electron chi connectivity index (χ0n) is 10.7. The summed E-state index contributed by atoms with van der Waals surface area (Å²) >= 11 is 12.7. The monoisotopic (exact) mass is 283 g/mol. The Hall–Kier alpha value is -0.500. The van der Waals surface area contributed by atoms with Gasteiger partial charge in [0.15, 0.2) is 0 Å². The second-order valence-corrected chi connectivity index (χ2v) is 5.75. The molecule has 0 aliphatic heterocycles. The van der Waals surface area contributed by atoms with Gasteiger partial charge in [0.1, 0.15) is 0 Å². The van der Waals surface area contributed by atoms with E-state index in [0.717, 1.165) is 48.0 Å². The van der Waals surface area contributed by atoms with Crippen LogP contribution in [0, 0.1) is 0 Å². The van der Waals surface area contributed by atoms with Crippen LogP contribution >= 0.6 is 23.2 Å². The molecule has 0 unspecified atom stereocenters. The molecule has 0 saturated heterocycles. The second-order valence-electron chi connectivity index (χ2n) is 4.93. The van der Waals surface area contributed by atoms with Crippen LogP contribution in [-0.4, -0.2) is 13.1 Å². The van der Waals surface area contributed by atoms with E-state index in [1.54, 1.807) is 0 Å². The Morgan fingerprint density at radius 1 is 1.17 bits per heavy atom. The summed E-state index contributed by atoms with van der Waals surface area (Å²) in [6.45, 7) is 4.14. The third-order valence-electron chi connectivity index (χ3n) is 3.57. The molecule has 3 heteroatoms. The second kappa shape index (κ2) is 6.10. The van der Waals surface area contributed by atoms with E-state index in [-0.39, 0.29) is 5.41 Å². The Morgan fingerprint density at radius 3 is 2.33 bits per heavy atom. The van der Waals surface area contributed by atoms with Gasteiger partial charge in [0.2, 0.25) is 0 Å². The van der Waals surface area contributed by atoms with Gasteiger partial charge in [0, 0.05) is 22.0 Å². The third kappa shape index (κ3) is 2.74. The third-order valence-corrected chi connectivity index (χ3v) is 4.20. The minimum Gasteiger partial charge on any atom is -0.316 e. The number of allylic oxidation sites excluding steroid dienone is 2. The van der Waals surface area contributed by atoms with Gasteiger partial charge in [-0.15, -0.1) is 0 Å². The SMILES string of the molecule is CCCNCC1(c2c(Cl)cccc2Cl)CC=CC1. The minimum atomic E-state index is 0.0323. The maximum atomic E-state index is 6.37. The fourth-order valence-electron chi connectivity index (χ4n) is 2.65. The van der Waals surface area contributed by atoms with Crippen LogP contribution < -0.4 is 5.32 Å². The first-order valence-electron chi connectivity index (χ1n) is 6.50. The van der Waals surface area contributed by atoms with Crippen molar-refractivity contribution in [2.24, 2.45) is 0 Å². The zero-order valence-corrected chi connectivity index (χ0v) is 12.2. The maximum Gasteiger partial charge on any atom is 0.0459 e. The number of nitrogens with one attached hydrogen (secondary N) is 1. The van der Waals surface area contributed by atoms with Gasteiger partial charge < -0.3 is 5.32 Å². The van der Waals surface area contributed by atoms with Gasteiger partial charge in [-0.05, 0) is 43.5 Å². The van der Waals surface area contributed by atoms with Crippen LogP contribution in [0.1, 0.15) is 31.7 Å². The first-order valence-corrected chi connectivity index (χ1v) is 7.25. The van der Waals surface area contributed by atoms with Crippen molar-refractivity contribution in [1.29, 1.82) is 0 Å². The highest BCUT2D eigenvalue weighted by Crippen LogP contribution is 2.43. The van der Waals surface area contributed by atoms with Crippen molar-refractivity contribution < 1.29 is 0 Å². The molecule has 0 bridgehead atoms. The Balaban J connectivity index is 2.29. The maximum absolute atomic E-state index is 6.37. The molecule has 0 heterocycles. The molecule has 98 valence electrons. The average Bonchev–Trinajstić information content (AvgIpc) is 2.79. The molecule has 0 saturated carbocycles. The van der Waals surface area contributed by atoms with E-state index in [4.69, 9.17) is 23.2 Å². The Morgan fingerprint density at radius 2 is 1.78 bits per heavy atom. The fraction of sp³-hybridized carbons (Fsp3) is 0.467. The molecule has 0 fully saturated rings. The van der Waals surface area contributed by atoms with Crippen LogP contribution in [0.15, 0.2) is 30.4 Å². The van der Waals surface area contributed by atoms with E-state index in [1.165, 1.54) is 0 Å². The zero-order chi connectivity index (χ0) is 13.0. The Labute approximate surface area is 119 Å². The Bertz CT molecular complexity index is 412. The lowest BCUT2D eigenvalue weighted by atomic mass is 9.78. The highest BCUT2D eigenvalue weighted by Gasteiger charge is 2.35. The molecule has 0 spiro atoms. The van der Waals surface area contributed by atoms with E-state index in [0.29, 0.717) is 0 Å². The van der Waals surface area contributed by atoms with Crippen LogP contribution in [0.2, 0.25) is 10.0 Å². The van der Waals surface area contributed by atoms with E-state index < -0.39 is 0 Å². The lowest BCUT2D eigenvalue weighted by molar-refractivity contribution is 0.419. The molecule has 1 aliphatic rings. The first-order chi connectivity index (χ1) is 8.69. The van der Waals surface area contributed by atoms with Gasteiger partial charge in [0.25, 0.3) is 0 Å². The topological polar surface area (TPSA) is 12.0 Å². The van der Waals surface area contributed by atoms with Crippen LogP contribution in [-0.2, 0) is 5.41 Å². The number of hydrogen-bond donors (Lipinski definition) is 1. The normalized spacial score (nSPS) is 17.3. The summed E-state index contributed by atoms with van der Waals surface area (Å²) < 4.78 is 0. The van der Waals surface area contributed by atoms with Crippen molar-refractivity contribution >= 4 is 23.2 Å². The van der Waals surface area contributed by atoms with Crippen molar-refractivity contribution in [3.05, 3.63) is 46.0 Å². The molecular weight excluding hydrogens is 265 g/mol. The minimum absolute atomic E-state index is 0.0323. The summed E-state index contributed by atoms with van der Waals surface area (Å²) in [6, 6.07) is 5.77. The summed E-state index contributed by atoms with van der Waals surface area (Å²) in [4.78, 5) is 0. The summed E-state index contributed by atoms with van der Waals surface area (Å²) in [5.74, 6) is 0. The molecule has 1 nitrogen and oxygen atoms in total. The van der Waals surface area contributed by atoms with Crippen LogP contribution in [0.3, 0.4) is 0 Å². The smallest absolute Gasteiger partial charge is 0.0459 e. The van der Waals surface area contributed by atoms with E-state index in [2.05, 4.69) is 24.4 Å². The number of rotatable bonds is 5. The van der Waals surface area contributed by atoms with Crippen molar-refractivity contribution in [3.8, 4) is 0 Å². The molecule has 1 aromatic carbocycles. The Kier molecular flexibility index (Phi) is 4.71. The van der Waals surface area contributed by atoms with Gasteiger partial charge in [-0.3, -0.25) is 0 Å². The summed E-state index contributed by atoms with van der Waals surface area (Å²) in [6.07, 6.45) is 7.61. The van der Waals surface area contributed by atoms with Crippen molar-refractivity contribution in [1.82, 2.24) is 5.32 Å². The quantitative estimate of drug-likeness (QED) is 0.616. The number of benzene rings is 1. The van der Waals surface area contributed by atoms with Gasteiger partial charge in [-0.1, -0.05) is 48.3 Å². The van der Waals surface area contributed by atoms with E-state index >= 15 is 0 Å². The van der Waals surface area contributed by atoms with E-state index in [9.17, 15) is 0 Å². The summed E-state index contributed by atoms with van der Waals surface area (Å²) in [5.41, 5.74) is 1.13. The molecular formula is C15H19Cl2N. The molecule has 18 heavy (non-hydrogen) atoms. The largest absolute Gasteiger partial charge is 0.316 e. The predicted octanol–water partition coefficient (Wildman–Crippen LogP) is 4.58. The molecule has 0 amide bonds. The van der Waals surface area contributed by atoms with Crippen LogP contribution in [0.5, 0.6) is 0 Å². The first kappa shape index (κ1) is 13.9. The lowest BCUT2D eigenvalue weighted by Gasteiger charge is -2.32. The highest BCUT2D eigenvalue weighted by atomic mass is 35.5. The van der Waals surface area contributed by atoms with Crippen LogP contribution in [0.4, 0.5) is 0 Å². The highest BCUT2D eigenvalue weighted by molar-refractivity contribution is 6.36. The molecule has 1 aliphatic carbocycles. The molecule has 2 rings (SSSR count). The lowest BCUT2D eigenvalue weighted by Crippen LogP contribution is -2.37. The predicted molar refractivity (Wildman–Crippen MR) is 79.7 cm³/mol. The molecule has 0 atom stereocenters. The van der Waals surface area contributed by atoms with Crippen LogP contribution in [0.25, 0.3) is 0 Å². The van der Waals surface area contributed by atoms with Gasteiger partial charge in [-0.2, -0.15) is 0 Å². The van der Waals surface area contributed by atoms with Crippen molar-refractivity contribution in [2.45, 2.75) is 31.6 Å². The number of hydrogen-bond acceptors (Lipinski definition) is 1. The molecule has 0 aromatic heterocycles. The average molecular weight is 284 g/mol. The number of halogens is 2. The molecule has 1 N–H and O–H groups in total. The van der Waals surface area contributed by atoms with Crippen molar-refractivity contribution in [2.75, 3.05) is 13.1 Å². The van der Waals surface area contributed by atoms with Crippen molar-refractivity contribution in [3.63, 3.8) is 0 Å². The molecule has 1 aromatic rings. The van der Waals surface area contributed by atoms with Gasteiger partial charge in [0.05, 0.1) is 0 Å². The molecule has 0 radical (unpaired) electrons. The van der Waals surface area contributed by atoms with Gasteiger partial charge in [-0.25, -0.2) is 0 Å².